The number of anilines is 1. The van der Waals surface area contributed by atoms with E-state index in [4.69, 9.17) is 0 Å². The van der Waals surface area contributed by atoms with Crippen LogP contribution in [-0.2, 0) is 14.8 Å². The summed E-state index contributed by atoms with van der Waals surface area (Å²) in [5, 5.41) is 2.69. The van der Waals surface area contributed by atoms with Crippen molar-refractivity contribution in [3.8, 4) is 0 Å². The Morgan fingerprint density at radius 3 is 2.41 bits per heavy atom. The third-order valence-electron chi connectivity index (χ3n) is 3.18. The van der Waals surface area contributed by atoms with Crippen molar-refractivity contribution in [2.75, 3.05) is 18.6 Å². The van der Waals surface area contributed by atoms with Gasteiger partial charge in [0.1, 0.15) is 6.04 Å². The van der Waals surface area contributed by atoms with Crippen molar-refractivity contribution < 1.29 is 13.2 Å². The van der Waals surface area contributed by atoms with Crippen LogP contribution >= 0.6 is 0 Å². The van der Waals surface area contributed by atoms with Crippen molar-refractivity contribution in [2.45, 2.75) is 6.04 Å². The number of sulfonamides is 1. The van der Waals surface area contributed by atoms with E-state index >= 15 is 0 Å². The number of hydrogen-bond donors (Lipinski definition) is 1. The number of benzene rings is 1. The van der Waals surface area contributed by atoms with E-state index in [0.717, 1.165) is 10.6 Å². The highest BCUT2D eigenvalue weighted by Gasteiger charge is 2.30. The smallest absolute Gasteiger partial charge is 0.247 e. The Bertz CT molecular complexity index is 733. The molecule has 0 aliphatic heterocycles. The molecule has 116 valence electrons. The molecule has 1 aromatic carbocycles. The number of rotatable bonds is 5. The van der Waals surface area contributed by atoms with Gasteiger partial charge in [0, 0.05) is 13.2 Å². The first kappa shape index (κ1) is 16.1. The lowest BCUT2D eigenvalue weighted by Crippen LogP contribution is -2.38. The summed E-state index contributed by atoms with van der Waals surface area (Å²) >= 11 is 0. The Morgan fingerprint density at radius 1 is 1.18 bits per heavy atom. The largest absolute Gasteiger partial charge is 0.323 e. The fourth-order valence-corrected chi connectivity index (χ4v) is 2.60. The minimum Gasteiger partial charge on any atom is -0.323 e. The highest BCUT2D eigenvalue weighted by atomic mass is 32.2. The van der Waals surface area contributed by atoms with Crippen LogP contribution in [0.2, 0.25) is 0 Å². The lowest BCUT2D eigenvalue weighted by atomic mass is 10.1. The number of likely N-dealkylation sites (N-methyl/N-ethyl adjacent to an activating group) is 1. The molecule has 2 rings (SSSR count). The fraction of sp³-hybridized carbons (Fsp3) is 0.200. The van der Waals surface area contributed by atoms with Crippen LogP contribution in [-0.4, -0.2) is 36.9 Å². The number of carbonyl (C=O) groups is 1. The summed E-state index contributed by atoms with van der Waals surface area (Å²) < 4.78 is 24.7. The van der Waals surface area contributed by atoms with E-state index < -0.39 is 22.0 Å². The molecule has 0 radical (unpaired) electrons. The Hall–Kier alpha value is -2.25. The summed E-state index contributed by atoms with van der Waals surface area (Å²) in [7, 11) is -2.15. The van der Waals surface area contributed by atoms with Gasteiger partial charge in [-0.05, 0) is 17.7 Å². The zero-order valence-electron chi connectivity index (χ0n) is 12.3. The van der Waals surface area contributed by atoms with Crippen molar-refractivity contribution in [1.29, 1.82) is 0 Å². The Balaban J connectivity index is 2.34. The third-order valence-corrected chi connectivity index (χ3v) is 4.44. The number of pyridine rings is 1. The molecule has 0 spiro atoms. The molecule has 0 unspecified atom stereocenters. The van der Waals surface area contributed by atoms with Gasteiger partial charge in [-0.15, -0.1) is 0 Å². The monoisotopic (exact) mass is 319 g/mol. The van der Waals surface area contributed by atoms with Crippen LogP contribution in [0.3, 0.4) is 0 Å². The van der Waals surface area contributed by atoms with Crippen molar-refractivity contribution in [3.05, 3.63) is 60.4 Å². The quantitative estimate of drug-likeness (QED) is 0.909. The van der Waals surface area contributed by atoms with E-state index in [1.807, 2.05) is 0 Å². The average molecular weight is 319 g/mol. The lowest BCUT2D eigenvalue weighted by molar-refractivity contribution is -0.119. The van der Waals surface area contributed by atoms with Gasteiger partial charge in [0.2, 0.25) is 15.9 Å². The molecular formula is C15H17N3O3S. The van der Waals surface area contributed by atoms with Gasteiger partial charge in [-0.25, -0.2) is 8.42 Å². The van der Waals surface area contributed by atoms with Crippen molar-refractivity contribution >= 4 is 21.6 Å². The molecular weight excluding hydrogens is 302 g/mol. The highest BCUT2D eigenvalue weighted by Crippen LogP contribution is 2.23. The van der Waals surface area contributed by atoms with Crippen LogP contribution in [0.1, 0.15) is 11.6 Å². The molecule has 1 heterocycles. The Morgan fingerprint density at radius 2 is 1.86 bits per heavy atom. The molecule has 0 fully saturated rings. The maximum absolute atomic E-state index is 12.6. The van der Waals surface area contributed by atoms with Crippen LogP contribution in [0.15, 0.2) is 54.9 Å². The molecule has 1 aromatic heterocycles. The number of amides is 1. The van der Waals surface area contributed by atoms with E-state index in [1.54, 1.807) is 48.7 Å². The van der Waals surface area contributed by atoms with Gasteiger partial charge < -0.3 is 5.32 Å². The number of nitrogens with zero attached hydrogens (tertiary/aromatic N) is 2. The molecule has 0 saturated heterocycles. The Kier molecular flexibility index (Phi) is 4.89. The first-order valence-electron chi connectivity index (χ1n) is 6.58. The number of hydrogen-bond acceptors (Lipinski definition) is 4. The fourth-order valence-electron chi connectivity index (χ4n) is 2.00. The predicted molar refractivity (Wildman–Crippen MR) is 84.7 cm³/mol. The van der Waals surface area contributed by atoms with Crippen LogP contribution in [0.4, 0.5) is 5.69 Å². The SMILES string of the molecule is CN([C@@H](C(=O)Nc1cccnc1)c1ccccc1)S(C)(=O)=O. The van der Waals surface area contributed by atoms with E-state index in [1.165, 1.54) is 13.2 Å². The normalized spacial score (nSPS) is 12.9. The van der Waals surface area contributed by atoms with Crippen LogP contribution < -0.4 is 5.32 Å². The second kappa shape index (κ2) is 6.67. The molecule has 1 amide bonds. The molecule has 0 saturated carbocycles. The maximum Gasteiger partial charge on any atom is 0.247 e. The molecule has 6 nitrogen and oxygen atoms in total. The second-order valence-corrected chi connectivity index (χ2v) is 6.87. The highest BCUT2D eigenvalue weighted by molar-refractivity contribution is 7.88. The molecule has 7 heteroatoms. The van der Waals surface area contributed by atoms with E-state index in [2.05, 4.69) is 10.3 Å². The molecule has 0 bridgehead atoms. The topological polar surface area (TPSA) is 79.4 Å². The predicted octanol–water partition coefficient (Wildman–Crippen LogP) is 1.65. The van der Waals surface area contributed by atoms with Crippen molar-refractivity contribution in [1.82, 2.24) is 9.29 Å². The Labute approximate surface area is 129 Å². The molecule has 0 aliphatic rings. The molecule has 2 aromatic rings. The maximum atomic E-state index is 12.6. The first-order chi connectivity index (χ1) is 10.4. The summed E-state index contributed by atoms with van der Waals surface area (Å²) in [6.07, 6.45) is 4.16. The van der Waals surface area contributed by atoms with Crippen LogP contribution in [0, 0.1) is 0 Å². The van der Waals surface area contributed by atoms with Gasteiger partial charge in [0.15, 0.2) is 0 Å². The summed E-state index contributed by atoms with van der Waals surface area (Å²) in [6.45, 7) is 0. The lowest BCUT2D eigenvalue weighted by Gasteiger charge is -2.25. The van der Waals surface area contributed by atoms with Gasteiger partial charge in [0.25, 0.3) is 0 Å². The zero-order chi connectivity index (χ0) is 16.2. The minimum absolute atomic E-state index is 0.438. The number of nitrogens with one attached hydrogen (secondary N) is 1. The third kappa shape index (κ3) is 3.90. The summed E-state index contributed by atoms with van der Waals surface area (Å²) in [5.74, 6) is -0.438. The van der Waals surface area contributed by atoms with Crippen molar-refractivity contribution in [3.63, 3.8) is 0 Å². The summed E-state index contributed by atoms with van der Waals surface area (Å²) in [5.41, 5.74) is 1.10. The van der Waals surface area contributed by atoms with E-state index in [9.17, 15) is 13.2 Å². The summed E-state index contributed by atoms with van der Waals surface area (Å²) in [4.78, 5) is 16.5. The number of aromatic nitrogens is 1. The number of carbonyl (C=O) groups excluding carboxylic acids is 1. The van der Waals surface area contributed by atoms with Crippen LogP contribution in [0.25, 0.3) is 0 Å². The first-order valence-corrected chi connectivity index (χ1v) is 8.43. The minimum atomic E-state index is -3.53. The van der Waals surface area contributed by atoms with E-state index in [0.29, 0.717) is 11.3 Å². The van der Waals surface area contributed by atoms with Crippen molar-refractivity contribution in [2.24, 2.45) is 0 Å². The van der Waals surface area contributed by atoms with Gasteiger partial charge >= 0.3 is 0 Å². The standard InChI is InChI=1S/C15H17N3O3S/c1-18(22(2,20)21)14(12-7-4-3-5-8-12)15(19)17-13-9-6-10-16-11-13/h3-11,14H,1-2H3,(H,17,19)/t14-/m1/s1. The molecule has 0 aliphatic carbocycles. The van der Waals surface area contributed by atoms with Gasteiger partial charge in [0.05, 0.1) is 18.1 Å². The van der Waals surface area contributed by atoms with Gasteiger partial charge in [-0.1, -0.05) is 30.3 Å². The average Bonchev–Trinajstić information content (AvgIpc) is 2.48. The van der Waals surface area contributed by atoms with Crippen LogP contribution in [0.5, 0.6) is 0 Å². The molecule has 1 N–H and O–H groups in total. The zero-order valence-corrected chi connectivity index (χ0v) is 13.1. The molecule has 1 atom stereocenters. The summed E-state index contributed by atoms with van der Waals surface area (Å²) in [6, 6.07) is 11.2. The van der Waals surface area contributed by atoms with Gasteiger partial charge in [-0.2, -0.15) is 4.31 Å². The second-order valence-electron chi connectivity index (χ2n) is 4.82. The molecule has 22 heavy (non-hydrogen) atoms. The van der Waals surface area contributed by atoms with E-state index in [-0.39, 0.29) is 0 Å². The van der Waals surface area contributed by atoms with Gasteiger partial charge in [-0.3, -0.25) is 9.78 Å².